The molecule has 0 radical (unpaired) electrons. The molecule has 2 rings (SSSR count). The summed E-state index contributed by atoms with van der Waals surface area (Å²) in [6.45, 7) is 5.12. The Morgan fingerprint density at radius 2 is 2.12 bits per heavy atom. The molecule has 0 bridgehead atoms. The van der Waals surface area contributed by atoms with E-state index >= 15 is 0 Å². The Morgan fingerprint density at radius 1 is 1.35 bits per heavy atom. The van der Waals surface area contributed by atoms with E-state index in [0.29, 0.717) is 5.82 Å². The zero-order valence-electron chi connectivity index (χ0n) is 10.8. The van der Waals surface area contributed by atoms with Crippen LogP contribution in [0.3, 0.4) is 0 Å². The van der Waals surface area contributed by atoms with Crippen molar-refractivity contribution in [3.05, 3.63) is 11.4 Å². The highest BCUT2D eigenvalue weighted by molar-refractivity contribution is 5.54. The topological polar surface area (TPSA) is 63.8 Å². The third kappa shape index (κ3) is 2.87. The molecule has 1 heterocycles. The van der Waals surface area contributed by atoms with Crippen molar-refractivity contribution in [3.63, 3.8) is 0 Å². The average Bonchev–Trinajstić information content (AvgIpc) is 2.23. The second-order valence-electron chi connectivity index (χ2n) is 4.93. The van der Waals surface area contributed by atoms with Gasteiger partial charge in [-0.05, 0) is 32.1 Å². The fourth-order valence-corrected chi connectivity index (χ4v) is 2.03. The summed E-state index contributed by atoms with van der Waals surface area (Å²) in [5.74, 6) is 3.21. The molecular formula is C13H22N4. The summed E-state index contributed by atoms with van der Waals surface area (Å²) < 4.78 is 0. The van der Waals surface area contributed by atoms with Gasteiger partial charge in [0.1, 0.15) is 17.5 Å². The lowest BCUT2D eigenvalue weighted by Gasteiger charge is -2.26. The number of anilines is 2. The summed E-state index contributed by atoms with van der Waals surface area (Å²) in [6, 6.07) is 0. The molecule has 3 N–H and O–H groups in total. The Kier molecular flexibility index (Phi) is 3.82. The number of nitrogens with one attached hydrogen (secondary N) is 1. The molecule has 4 heteroatoms. The molecule has 0 aliphatic heterocycles. The fourth-order valence-electron chi connectivity index (χ4n) is 2.03. The molecule has 4 nitrogen and oxygen atoms in total. The summed E-state index contributed by atoms with van der Waals surface area (Å²) in [6.07, 6.45) is 5.99. The maximum atomic E-state index is 5.91. The number of rotatable bonds is 5. The first-order chi connectivity index (χ1) is 8.20. The Labute approximate surface area is 103 Å². The number of aromatic nitrogens is 2. The van der Waals surface area contributed by atoms with Crippen molar-refractivity contribution in [2.75, 3.05) is 17.6 Å². The minimum atomic E-state index is 0.611. The lowest BCUT2D eigenvalue weighted by atomic mass is 9.85. The molecule has 0 amide bonds. The lowest BCUT2D eigenvalue weighted by molar-refractivity contribution is 0.333. The maximum Gasteiger partial charge on any atom is 0.134 e. The van der Waals surface area contributed by atoms with Gasteiger partial charge in [0.05, 0.1) is 0 Å². The van der Waals surface area contributed by atoms with E-state index in [-0.39, 0.29) is 0 Å². The van der Waals surface area contributed by atoms with Gasteiger partial charge in [0.15, 0.2) is 0 Å². The summed E-state index contributed by atoms with van der Waals surface area (Å²) in [5.41, 5.74) is 6.89. The summed E-state index contributed by atoms with van der Waals surface area (Å²) in [4.78, 5) is 8.86. The minimum Gasteiger partial charge on any atom is -0.383 e. The first-order valence-corrected chi connectivity index (χ1v) is 6.57. The molecule has 1 aromatic rings. The first-order valence-electron chi connectivity index (χ1n) is 6.57. The third-order valence-electron chi connectivity index (χ3n) is 3.49. The Hall–Kier alpha value is -1.32. The molecule has 1 aromatic heterocycles. The van der Waals surface area contributed by atoms with Gasteiger partial charge >= 0.3 is 0 Å². The van der Waals surface area contributed by atoms with Gasteiger partial charge in [-0.1, -0.05) is 13.3 Å². The second kappa shape index (κ2) is 5.34. The van der Waals surface area contributed by atoms with Gasteiger partial charge in [-0.2, -0.15) is 0 Å². The van der Waals surface area contributed by atoms with Crippen LogP contribution in [0.5, 0.6) is 0 Å². The monoisotopic (exact) mass is 234 g/mol. The number of hydrogen-bond acceptors (Lipinski definition) is 4. The highest BCUT2D eigenvalue weighted by Gasteiger charge is 2.18. The van der Waals surface area contributed by atoms with E-state index in [1.165, 1.54) is 19.3 Å². The maximum absolute atomic E-state index is 5.91. The van der Waals surface area contributed by atoms with Crippen molar-refractivity contribution in [3.8, 4) is 0 Å². The van der Waals surface area contributed by atoms with Crippen molar-refractivity contribution in [2.24, 2.45) is 5.92 Å². The van der Waals surface area contributed by atoms with Gasteiger partial charge in [-0.3, -0.25) is 0 Å². The zero-order chi connectivity index (χ0) is 12.3. The molecule has 0 atom stereocenters. The fraction of sp³-hybridized carbons (Fsp3) is 0.692. The molecule has 1 aliphatic carbocycles. The molecule has 1 saturated carbocycles. The molecule has 0 spiro atoms. The second-order valence-corrected chi connectivity index (χ2v) is 4.93. The minimum absolute atomic E-state index is 0.611. The third-order valence-corrected chi connectivity index (χ3v) is 3.49. The molecule has 94 valence electrons. The van der Waals surface area contributed by atoms with Crippen molar-refractivity contribution in [1.82, 2.24) is 9.97 Å². The summed E-state index contributed by atoms with van der Waals surface area (Å²) >= 11 is 0. The van der Waals surface area contributed by atoms with E-state index in [1.807, 2.05) is 6.92 Å². The predicted molar refractivity (Wildman–Crippen MR) is 71.0 cm³/mol. The number of hydrogen-bond donors (Lipinski definition) is 2. The van der Waals surface area contributed by atoms with Gasteiger partial charge in [-0.25, -0.2) is 9.97 Å². The highest BCUT2D eigenvalue weighted by atomic mass is 15.1. The van der Waals surface area contributed by atoms with Crippen LogP contribution in [-0.4, -0.2) is 16.5 Å². The Bertz CT molecular complexity index is 385. The van der Waals surface area contributed by atoms with E-state index in [4.69, 9.17) is 5.73 Å². The molecule has 1 aliphatic rings. The van der Waals surface area contributed by atoms with Crippen LogP contribution in [-0.2, 0) is 6.42 Å². The average molecular weight is 234 g/mol. The van der Waals surface area contributed by atoms with Gasteiger partial charge in [0.25, 0.3) is 0 Å². The van der Waals surface area contributed by atoms with Crippen LogP contribution in [0.1, 0.15) is 44.0 Å². The van der Waals surface area contributed by atoms with Crippen molar-refractivity contribution >= 4 is 11.6 Å². The van der Waals surface area contributed by atoms with Gasteiger partial charge < -0.3 is 11.1 Å². The van der Waals surface area contributed by atoms with Crippen LogP contribution in [0.2, 0.25) is 0 Å². The molecule has 17 heavy (non-hydrogen) atoms. The van der Waals surface area contributed by atoms with Crippen LogP contribution in [0.25, 0.3) is 0 Å². The van der Waals surface area contributed by atoms with Crippen LogP contribution in [0.15, 0.2) is 0 Å². The standard InChI is InChI=1S/C13H22N4/c1-3-5-11-16-12(14)9(2)13(17-11)15-8-10-6-4-7-10/h10H,3-8H2,1-2H3,(H3,14,15,16,17). The van der Waals surface area contributed by atoms with Gasteiger partial charge in [0.2, 0.25) is 0 Å². The van der Waals surface area contributed by atoms with Gasteiger partial charge in [0, 0.05) is 18.5 Å². The zero-order valence-corrected chi connectivity index (χ0v) is 10.8. The highest BCUT2D eigenvalue weighted by Crippen LogP contribution is 2.27. The van der Waals surface area contributed by atoms with Crippen molar-refractivity contribution < 1.29 is 0 Å². The molecule has 0 saturated heterocycles. The Morgan fingerprint density at radius 3 is 2.71 bits per heavy atom. The van der Waals surface area contributed by atoms with Crippen LogP contribution in [0, 0.1) is 12.8 Å². The number of nitrogens with two attached hydrogens (primary N) is 1. The first kappa shape index (κ1) is 12.1. The number of nitrogens with zero attached hydrogens (tertiary/aromatic N) is 2. The van der Waals surface area contributed by atoms with E-state index < -0.39 is 0 Å². The number of nitrogen functional groups attached to an aromatic ring is 1. The molecule has 0 aromatic carbocycles. The normalized spacial score (nSPS) is 15.6. The molecule has 1 fully saturated rings. The quantitative estimate of drug-likeness (QED) is 0.821. The summed E-state index contributed by atoms with van der Waals surface area (Å²) in [5, 5.41) is 3.42. The van der Waals surface area contributed by atoms with E-state index in [2.05, 4.69) is 22.2 Å². The van der Waals surface area contributed by atoms with Crippen LogP contribution in [0.4, 0.5) is 11.6 Å². The van der Waals surface area contributed by atoms with Gasteiger partial charge in [-0.15, -0.1) is 0 Å². The van der Waals surface area contributed by atoms with E-state index in [1.54, 1.807) is 0 Å². The van der Waals surface area contributed by atoms with E-state index in [9.17, 15) is 0 Å². The van der Waals surface area contributed by atoms with Crippen molar-refractivity contribution in [1.29, 1.82) is 0 Å². The molecular weight excluding hydrogens is 212 g/mol. The summed E-state index contributed by atoms with van der Waals surface area (Å²) in [7, 11) is 0. The van der Waals surface area contributed by atoms with Crippen LogP contribution < -0.4 is 11.1 Å². The van der Waals surface area contributed by atoms with E-state index in [0.717, 1.165) is 42.5 Å². The SMILES string of the molecule is CCCc1nc(N)c(C)c(NCC2CCC2)n1. The van der Waals surface area contributed by atoms with Crippen LogP contribution >= 0.6 is 0 Å². The molecule has 0 unspecified atom stereocenters. The van der Waals surface area contributed by atoms with Crippen molar-refractivity contribution in [2.45, 2.75) is 46.0 Å². The predicted octanol–water partition coefficient (Wildman–Crippen LogP) is 2.53. The smallest absolute Gasteiger partial charge is 0.134 e. The largest absolute Gasteiger partial charge is 0.383 e. The lowest BCUT2D eigenvalue weighted by Crippen LogP contribution is -2.22. The Balaban J connectivity index is 2.06. The number of aryl methyl sites for hydroxylation is 1.